The highest BCUT2D eigenvalue weighted by Gasteiger charge is 2.08. The molecule has 0 bridgehead atoms. The van der Waals surface area contributed by atoms with Gasteiger partial charge < -0.3 is 4.74 Å². The molecule has 1 aromatic heterocycles. The largest absolute Gasteiger partial charge is 0.463 e. The Morgan fingerprint density at radius 1 is 1.62 bits per heavy atom. The lowest BCUT2D eigenvalue weighted by Crippen LogP contribution is -2.40. The molecule has 1 aromatic rings. The molecule has 0 saturated heterocycles. The maximum absolute atomic E-state index is 11.1. The number of nitrogen functional groups attached to an aromatic ring is 1. The van der Waals surface area contributed by atoms with Gasteiger partial charge in [0.25, 0.3) is 5.82 Å². The minimum atomic E-state index is -0.273. The number of hydrogen-bond donors (Lipinski definition) is 1. The maximum Gasteiger partial charge on any atom is 0.348 e. The highest BCUT2D eigenvalue weighted by molar-refractivity contribution is 5.67. The van der Waals surface area contributed by atoms with E-state index in [0.29, 0.717) is 12.4 Å². The fraction of sp³-hybridized carbons (Fsp3) is 0.333. The summed E-state index contributed by atoms with van der Waals surface area (Å²) in [6, 6.07) is 5.37. The Labute approximate surface area is 76.9 Å². The number of hydrogen-bond acceptors (Lipinski definition) is 3. The zero-order valence-corrected chi connectivity index (χ0v) is 7.56. The summed E-state index contributed by atoms with van der Waals surface area (Å²) in [7, 11) is 0. The number of aromatic nitrogens is 1. The molecule has 0 unspecified atom stereocenters. The predicted octanol–water partition coefficient (Wildman–Crippen LogP) is 0.119. The molecule has 70 valence electrons. The molecule has 2 N–H and O–H groups in total. The van der Waals surface area contributed by atoms with Crippen LogP contribution in [-0.4, -0.2) is 12.6 Å². The summed E-state index contributed by atoms with van der Waals surface area (Å²) in [5.41, 5.74) is 5.62. The Hall–Kier alpha value is -1.58. The summed E-state index contributed by atoms with van der Waals surface area (Å²) >= 11 is 0. The summed E-state index contributed by atoms with van der Waals surface area (Å²) in [5, 5.41) is 0. The van der Waals surface area contributed by atoms with Crippen molar-refractivity contribution in [1.29, 1.82) is 0 Å². The Bertz CT molecular complexity index is 299. The van der Waals surface area contributed by atoms with Crippen LogP contribution in [0.2, 0.25) is 0 Å². The van der Waals surface area contributed by atoms with Crippen molar-refractivity contribution < 1.29 is 14.1 Å². The molecule has 0 amide bonds. The minimum Gasteiger partial charge on any atom is -0.463 e. The number of rotatable bonds is 3. The molecule has 1 rings (SSSR count). The van der Waals surface area contributed by atoms with Gasteiger partial charge in [-0.25, -0.2) is 9.36 Å². The van der Waals surface area contributed by atoms with Crippen molar-refractivity contribution in [2.75, 3.05) is 12.3 Å². The van der Waals surface area contributed by atoms with E-state index in [-0.39, 0.29) is 12.5 Å². The Morgan fingerprint density at radius 2 is 2.38 bits per heavy atom. The van der Waals surface area contributed by atoms with E-state index in [4.69, 9.17) is 10.5 Å². The third-order valence-corrected chi connectivity index (χ3v) is 1.58. The van der Waals surface area contributed by atoms with Crippen LogP contribution < -0.4 is 10.3 Å². The van der Waals surface area contributed by atoms with Crippen LogP contribution in [0.5, 0.6) is 0 Å². The summed E-state index contributed by atoms with van der Waals surface area (Å²) in [6.07, 6.45) is 1.74. The second-order valence-electron chi connectivity index (χ2n) is 2.56. The van der Waals surface area contributed by atoms with E-state index in [2.05, 4.69) is 0 Å². The van der Waals surface area contributed by atoms with Crippen molar-refractivity contribution in [2.45, 2.75) is 13.5 Å². The number of carbonyl (C=O) groups excluding carboxylic acids is 1. The number of pyridine rings is 1. The SMILES string of the molecule is CCOC(=O)C[n+]1ccccc1N. The average Bonchev–Trinajstić information content (AvgIpc) is 2.09. The first kappa shape index (κ1) is 9.51. The molecule has 0 saturated carbocycles. The van der Waals surface area contributed by atoms with E-state index in [1.54, 1.807) is 23.8 Å². The first-order chi connectivity index (χ1) is 6.24. The Morgan fingerprint density at radius 3 is 3.00 bits per heavy atom. The molecule has 0 aliphatic rings. The quantitative estimate of drug-likeness (QED) is 0.532. The molecule has 0 atom stereocenters. The molecule has 4 heteroatoms. The van der Waals surface area contributed by atoms with Crippen molar-refractivity contribution in [3.63, 3.8) is 0 Å². The van der Waals surface area contributed by atoms with Gasteiger partial charge in [0.2, 0.25) is 0 Å². The van der Waals surface area contributed by atoms with Gasteiger partial charge in [-0.3, -0.25) is 5.73 Å². The number of anilines is 1. The van der Waals surface area contributed by atoms with Gasteiger partial charge in [-0.2, -0.15) is 0 Å². The Balaban J connectivity index is 2.63. The molecule has 0 fully saturated rings. The van der Waals surface area contributed by atoms with Crippen molar-refractivity contribution in [2.24, 2.45) is 0 Å². The van der Waals surface area contributed by atoms with Gasteiger partial charge in [0.05, 0.1) is 12.8 Å². The second kappa shape index (κ2) is 4.45. The van der Waals surface area contributed by atoms with Crippen LogP contribution in [0.25, 0.3) is 0 Å². The molecule has 4 nitrogen and oxygen atoms in total. The first-order valence-electron chi connectivity index (χ1n) is 4.13. The topological polar surface area (TPSA) is 56.2 Å². The number of nitrogens with two attached hydrogens (primary N) is 1. The number of nitrogens with zero attached hydrogens (tertiary/aromatic N) is 1. The Kier molecular flexibility index (Phi) is 3.25. The third kappa shape index (κ3) is 2.74. The van der Waals surface area contributed by atoms with Crippen LogP contribution >= 0.6 is 0 Å². The molecule has 13 heavy (non-hydrogen) atoms. The monoisotopic (exact) mass is 181 g/mol. The molecule has 0 spiro atoms. The first-order valence-corrected chi connectivity index (χ1v) is 4.13. The van der Waals surface area contributed by atoms with Gasteiger partial charge in [-0.15, -0.1) is 0 Å². The average molecular weight is 181 g/mol. The van der Waals surface area contributed by atoms with Crippen LogP contribution in [0.15, 0.2) is 24.4 Å². The second-order valence-corrected chi connectivity index (χ2v) is 2.56. The van der Waals surface area contributed by atoms with Gasteiger partial charge in [0, 0.05) is 6.07 Å². The van der Waals surface area contributed by atoms with Crippen molar-refractivity contribution in [1.82, 2.24) is 0 Å². The van der Waals surface area contributed by atoms with Crippen molar-refractivity contribution in [3.05, 3.63) is 24.4 Å². The van der Waals surface area contributed by atoms with Gasteiger partial charge in [-0.1, -0.05) is 6.07 Å². The standard InChI is InChI=1S/C9H12N2O2/c1-2-13-9(12)7-11-6-4-3-5-8(11)10/h3-6,10H,2,7H2,1H3/p+1. The maximum atomic E-state index is 11.1. The van der Waals surface area contributed by atoms with Crippen LogP contribution in [0.4, 0.5) is 5.82 Å². The van der Waals surface area contributed by atoms with Crippen molar-refractivity contribution in [3.8, 4) is 0 Å². The lowest BCUT2D eigenvalue weighted by molar-refractivity contribution is -0.671. The summed E-state index contributed by atoms with van der Waals surface area (Å²) < 4.78 is 6.42. The van der Waals surface area contributed by atoms with Crippen LogP contribution in [-0.2, 0) is 16.1 Å². The predicted molar refractivity (Wildman–Crippen MR) is 47.7 cm³/mol. The fourth-order valence-corrected chi connectivity index (χ4v) is 0.979. The summed E-state index contributed by atoms with van der Waals surface area (Å²) in [4.78, 5) is 11.1. The molecule has 1 heterocycles. The number of esters is 1. The van der Waals surface area contributed by atoms with E-state index in [0.717, 1.165) is 0 Å². The van der Waals surface area contributed by atoms with E-state index in [1.807, 2.05) is 12.1 Å². The zero-order chi connectivity index (χ0) is 9.68. The molecule has 0 aliphatic heterocycles. The van der Waals surface area contributed by atoms with Gasteiger partial charge in [0.1, 0.15) is 0 Å². The van der Waals surface area contributed by atoms with Crippen molar-refractivity contribution >= 4 is 11.8 Å². The lowest BCUT2D eigenvalue weighted by Gasteiger charge is -2.01. The number of carbonyl (C=O) groups is 1. The number of ether oxygens (including phenoxy) is 1. The molecular weight excluding hydrogens is 168 g/mol. The van der Waals surface area contributed by atoms with E-state index < -0.39 is 0 Å². The van der Waals surface area contributed by atoms with Crippen LogP contribution in [0.3, 0.4) is 0 Å². The molecular formula is C9H13N2O2+. The normalized spacial score (nSPS) is 9.62. The van der Waals surface area contributed by atoms with Gasteiger partial charge in [-0.05, 0) is 13.0 Å². The molecule has 0 aromatic carbocycles. The highest BCUT2D eigenvalue weighted by atomic mass is 16.5. The zero-order valence-electron chi connectivity index (χ0n) is 7.56. The molecule has 0 aliphatic carbocycles. The van der Waals surface area contributed by atoms with Crippen LogP contribution in [0, 0.1) is 0 Å². The van der Waals surface area contributed by atoms with E-state index in [9.17, 15) is 4.79 Å². The summed E-state index contributed by atoms with van der Waals surface area (Å²) in [6.45, 7) is 2.34. The summed E-state index contributed by atoms with van der Waals surface area (Å²) in [5.74, 6) is 0.279. The van der Waals surface area contributed by atoms with Crippen LogP contribution in [0.1, 0.15) is 6.92 Å². The smallest absolute Gasteiger partial charge is 0.348 e. The van der Waals surface area contributed by atoms with Gasteiger partial charge >= 0.3 is 5.97 Å². The lowest BCUT2D eigenvalue weighted by atomic mass is 10.4. The fourth-order valence-electron chi connectivity index (χ4n) is 0.979. The highest BCUT2D eigenvalue weighted by Crippen LogP contribution is 1.91. The third-order valence-electron chi connectivity index (χ3n) is 1.58. The van der Waals surface area contributed by atoms with E-state index >= 15 is 0 Å². The van der Waals surface area contributed by atoms with E-state index in [1.165, 1.54) is 0 Å². The molecule has 0 radical (unpaired) electrons. The minimum absolute atomic E-state index is 0.167. The van der Waals surface area contributed by atoms with Gasteiger partial charge in [0.15, 0.2) is 6.54 Å².